The number of fused-ring (bicyclic) bond motifs is 3. The summed E-state index contributed by atoms with van der Waals surface area (Å²) in [5.74, 6) is 0.118. The molecule has 0 saturated carbocycles. The molecule has 0 aromatic heterocycles. The standard InChI is InChI=1S/C15H15NO/c16-14(9-17)15-12-7-3-1-5-10(12)11-6-2-4-8-13(11)15/h1-8,14-15,17H,9,16H2/t14-/m1/s1. The number of hydrogen-bond acceptors (Lipinski definition) is 2. The summed E-state index contributed by atoms with van der Waals surface area (Å²) in [7, 11) is 0. The van der Waals surface area contributed by atoms with Crippen LogP contribution < -0.4 is 5.73 Å². The van der Waals surface area contributed by atoms with Crippen molar-refractivity contribution in [2.45, 2.75) is 12.0 Å². The molecule has 17 heavy (non-hydrogen) atoms. The van der Waals surface area contributed by atoms with E-state index in [0.29, 0.717) is 0 Å². The minimum absolute atomic E-state index is 0.00728. The second-order valence-electron chi connectivity index (χ2n) is 4.50. The van der Waals surface area contributed by atoms with Crippen molar-refractivity contribution >= 4 is 0 Å². The van der Waals surface area contributed by atoms with Crippen molar-refractivity contribution < 1.29 is 5.11 Å². The van der Waals surface area contributed by atoms with Crippen molar-refractivity contribution in [3.05, 3.63) is 59.7 Å². The zero-order valence-electron chi connectivity index (χ0n) is 9.51. The molecule has 3 N–H and O–H groups in total. The summed E-state index contributed by atoms with van der Waals surface area (Å²) in [4.78, 5) is 0. The molecule has 0 spiro atoms. The van der Waals surface area contributed by atoms with Crippen LogP contribution in [0.15, 0.2) is 48.5 Å². The maximum absolute atomic E-state index is 9.32. The second-order valence-corrected chi connectivity index (χ2v) is 4.50. The molecule has 2 heteroatoms. The van der Waals surface area contributed by atoms with Gasteiger partial charge in [-0.1, -0.05) is 48.5 Å². The van der Waals surface area contributed by atoms with Gasteiger partial charge in [-0.15, -0.1) is 0 Å². The van der Waals surface area contributed by atoms with Crippen molar-refractivity contribution in [3.8, 4) is 11.1 Å². The van der Waals surface area contributed by atoms with Crippen LogP contribution in [0.5, 0.6) is 0 Å². The van der Waals surface area contributed by atoms with Gasteiger partial charge in [0.15, 0.2) is 0 Å². The number of aliphatic hydroxyl groups is 1. The van der Waals surface area contributed by atoms with Crippen LogP contribution in [-0.4, -0.2) is 17.8 Å². The number of benzene rings is 2. The molecule has 0 aliphatic heterocycles. The van der Waals surface area contributed by atoms with Gasteiger partial charge in [-0.3, -0.25) is 0 Å². The molecule has 2 aromatic carbocycles. The summed E-state index contributed by atoms with van der Waals surface area (Å²) in [6, 6.07) is 16.4. The maximum Gasteiger partial charge on any atom is 0.0591 e. The van der Waals surface area contributed by atoms with Crippen LogP contribution in [0.2, 0.25) is 0 Å². The summed E-state index contributed by atoms with van der Waals surface area (Å²) in [5, 5.41) is 9.32. The summed E-state index contributed by atoms with van der Waals surface area (Å²) in [6.07, 6.45) is 0. The zero-order valence-corrected chi connectivity index (χ0v) is 9.51. The molecule has 2 aromatic rings. The summed E-state index contributed by atoms with van der Waals surface area (Å²) in [5.41, 5.74) is 11.0. The summed E-state index contributed by atoms with van der Waals surface area (Å²) < 4.78 is 0. The van der Waals surface area contributed by atoms with Crippen molar-refractivity contribution in [1.29, 1.82) is 0 Å². The molecular formula is C15H15NO. The first-order chi connectivity index (χ1) is 8.33. The second kappa shape index (κ2) is 3.99. The molecule has 2 nitrogen and oxygen atoms in total. The Morgan fingerprint density at radius 2 is 1.41 bits per heavy atom. The number of aliphatic hydroxyl groups excluding tert-OH is 1. The van der Waals surface area contributed by atoms with E-state index in [-0.39, 0.29) is 18.6 Å². The van der Waals surface area contributed by atoms with Gasteiger partial charge in [0.2, 0.25) is 0 Å². The van der Waals surface area contributed by atoms with Crippen LogP contribution in [0.3, 0.4) is 0 Å². The van der Waals surface area contributed by atoms with E-state index in [4.69, 9.17) is 5.73 Å². The topological polar surface area (TPSA) is 46.2 Å². The Morgan fingerprint density at radius 1 is 0.941 bits per heavy atom. The first-order valence-corrected chi connectivity index (χ1v) is 5.87. The molecule has 0 radical (unpaired) electrons. The Bertz CT molecular complexity index is 505. The Balaban J connectivity index is 2.23. The first kappa shape index (κ1) is 10.5. The Labute approximate surface area is 101 Å². The van der Waals surface area contributed by atoms with E-state index >= 15 is 0 Å². The quantitative estimate of drug-likeness (QED) is 0.822. The van der Waals surface area contributed by atoms with E-state index < -0.39 is 0 Å². The molecule has 0 bridgehead atoms. The third-order valence-electron chi connectivity index (χ3n) is 3.52. The van der Waals surface area contributed by atoms with E-state index in [0.717, 1.165) is 0 Å². The highest BCUT2D eigenvalue weighted by molar-refractivity contribution is 5.79. The third-order valence-corrected chi connectivity index (χ3v) is 3.52. The maximum atomic E-state index is 9.32. The minimum atomic E-state index is -0.236. The molecule has 1 aliphatic rings. The van der Waals surface area contributed by atoms with Crippen molar-refractivity contribution in [2.75, 3.05) is 6.61 Å². The lowest BCUT2D eigenvalue weighted by molar-refractivity contribution is 0.257. The SMILES string of the molecule is N[C@H](CO)C1c2ccccc2-c2ccccc21. The number of rotatable bonds is 2. The van der Waals surface area contributed by atoms with E-state index in [2.05, 4.69) is 24.3 Å². The van der Waals surface area contributed by atoms with E-state index in [1.165, 1.54) is 22.3 Å². The van der Waals surface area contributed by atoms with Crippen LogP contribution in [0.25, 0.3) is 11.1 Å². The van der Waals surface area contributed by atoms with E-state index in [1.54, 1.807) is 0 Å². The van der Waals surface area contributed by atoms with Crippen LogP contribution >= 0.6 is 0 Å². The van der Waals surface area contributed by atoms with Gasteiger partial charge in [0.25, 0.3) is 0 Å². The average Bonchev–Trinajstić information content (AvgIpc) is 2.72. The van der Waals surface area contributed by atoms with Gasteiger partial charge in [0.1, 0.15) is 0 Å². The van der Waals surface area contributed by atoms with Crippen molar-refractivity contribution in [3.63, 3.8) is 0 Å². The van der Waals surface area contributed by atoms with Crippen LogP contribution in [-0.2, 0) is 0 Å². The van der Waals surface area contributed by atoms with Gasteiger partial charge in [0, 0.05) is 12.0 Å². The van der Waals surface area contributed by atoms with Crippen molar-refractivity contribution in [2.24, 2.45) is 5.73 Å². The summed E-state index contributed by atoms with van der Waals surface area (Å²) >= 11 is 0. The van der Waals surface area contributed by atoms with E-state index in [1.807, 2.05) is 24.3 Å². The zero-order chi connectivity index (χ0) is 11.8. The summed E-state index contributed by atoms with van der Waals surface area (Å²) in [6.45, 7) is 0.00728. The molecule has 1 atom stereocenters. The first-order valence-electron chi connectivity index (χ1n) is 5.87. The van der Waals surface area contributed by atoms with Crippen molar-refractivity contribution in [1.82, 2.24) is 0 Å². The molecule has 0 unspecified atom stereocenters. The van der Waals surface area contributed by atoms with E-state index in [9.17, 15) is 5.11 Å². The largest absolute Gasteiger partial charge is 0.395 e. The highest BCUT2D eigenvalue weighted by Gasteiger charge is 2.31. The average molecular weight is 225 g/mol. The molecule has 0 amide bonds. The molecular weight excluding hydrogens is 210 g/mol. The monoisotopic (exact) mass is 225 g/mol. The molecule has 0 heterocycles. The molecule has 0 fully saturated rings. The lowest BCUT2D eigenvalue weighted by Gasteiger charge is -2.19. The third kappa shape index (κ3) is 1.49. The highest BCUT2D eigenvalue weighted by Crippen LogP contribution is 2.45. The molecule has 0 saturated heterocycles. The van der Waals surface area contributed by atoms with Crippen LogP contribution in [0.4, 0.5) is 0 Å². The fourth-order valence-electron chi connectivity index (χ4n) is 2.76. The van der Waals surface area contributed by atoms with Gasteiger partial charge in [0.05, 0.1) is 6.61 Å². The fraction of sp³-hybridized carbons (Fsp3) is 0.200. The normalized spacial score (nSPS) is 15.4. The number of hydrogen-bond donors (Lipinski definition) is 2. The van der Waals surface area contributed by atoms with Gasteiger partial charge >= 0.3 is 0 Å². The number of nitrogens with two attached hydrogens (primary N) is 1. The predicted octanol–water partition coefficient (Wildman–Crippen LogP) is 2.12. The Kier molecular flexibility index (Phi) is 2.46. The van der Waals surface area contributed by atoms with Gasteiger partial charge in [-0.2, -0.15) is 0 Å². The lowest BCUT2D eigenvalue weighted by atomic mass is 9.90. The van der Waals surface area contributed by atoms with Gasteiger partial charge in [-0.25, -0.2) is 0 Å². The van der Waals surface area contributed by atoms with Gasteiger partial charge < -0.3 is 10.8 Å². The van der Waals surface area contributed by atoms with Crippen LogP contribution in [0.1, 0.15) is 17.0 Å². The minimum Gasteiger partial charge on any atom is -0.395 e. The Morgan fingerprint density at radius 3 is 1.88 bits per heavy atom. The smallest absolute Gasteiger partial charge is 0.0591 e. The molecule has 86 valence electrons. The Hall–Kier alpha value is -1.64. The highest BCUT2D eigenvalue weighted by atomic mass is 16.3. The lowest BCUT2D eigenvalue weighted by Crippen LogP contribution is -2.31. The molecule has 1 aliphatic carbocycles. The van der Waals surface area contributed by atoms with Crippen LogP contribution in [0, 0.1) is 0 Å². The molecule has 3 rings (SSSR count). The fourth-order valence-corrected chi connectivity index (χ4v) is 2.76. The predicted molar refractivity (Wildman–Crippen MR) is 68.8 cm³/mol. The van der Waals surface area contributed by atoms with Gasteiger partial charge in [-0.05, 0) is 22.3 Å².